The Kier molecular flexibility index (Phi) is 3.43. The molecule has 0 unspecified atom stereocenters. The van der Waals surface area contributed by atoms with Crippen LogP contribution in [0.4, 0.5) is 3.89 Å². The SMILES string of the molecule is COc1cncc(Br)c1CS(=O)(=O)F. The van der Waals surface area contributed by atoms with Gasteiger partial charge in [-0.25, -0.2) is 0 Å². The van der Waals surface area contributed by atoms with Gasteiger partial charge in [0.25, 0.3) is 0 Å². The van der Waals surface area contributed by atoms with E-state index in [0.717, 1.165) is 0 Å². The highest BCUT2D eigenvalue weighted by Gasteiger charge is 2.16. The summed E-state index contributed by atoms with van der Waals surface area (Å²) in [6, 6.07) is 0. The van der Waals surface area contributed by atoms with E-state index in [1.807, 2.05) is 0 Å². The highest BCUT2D eigenvalue weighted by molar-refractivity contribution is 9.10. The summed E-state index contributed by atoms with van der Waals surface area (Å²) in [6.07, 6.45) is 2.70. The predicted molar refractivity (Wildman–Crippen MR) is 52.2 cm³/mol. The standard InChI is InChI=1S/C7H7BrFNO3S/c1-13-7-3-10-2-6(8)5(7)4-14(9,11)12/h2-3H,4H2,1H3. The summed E-state index contributed by atoms with van der Waals surface area (Å²) in [5.74, 6) is -0.486. The Morgan fingerprint density at radius 3 is 2.71 bits per heavy atom. The third kappa shape index (κ3) is 2.91. The number of nitrogens with zero attached hydrogens (tertiary/aromatic N) is 1. The lowest BCUT2D eigenvalue weighted by atomic mass is 10.3. The van der Waals surface area contributed by atoms with Gasteiger partial charge < -0.3 is 4.74 Å². The molecule has 0 saturated carbocycles. The van der Waals surface area contributed by atoms with Crippen LogP contribution >= 0.6 is 15.9 Å². The number of aromatic nitrogens is 1. The van der Waals surface area contributed by atoms with Crippen molar-refractivity contribution < 1.29 is 17.0 Å². The van der Waals surface area contributed by atoms with Gasteiger partial charge in [0.05, 0.1) is 13.3 Å². The minimum Gasteiger partial charge on any atom is -0.495 e. The van der Waals surface area contributed by atoms with E-state index in [4.69, 9.17) is 4.74 Å². The number of methoxy groups -OCH3 is 1. The molecule has 14 heavy (non-hydrogen) atoms. The fourth-order valence-electron chi connectivity index (χ4n) is 0.932. The molecule has 0 fully saturated rings. The molecule has 0 saturated heterocycles. The quantitative estimate of drug-likeness (QED) is 0.792. The summed E-state index contributed by atoms with van der Waals surface area (Å²) in [7, 11) is -3.21. The van der Waals surface area contributed by atoms with Gasteiger partial charge in [-0.2, -0.15) is 8.42 Å². The molecule has 0 radical (unpaired) electrons. The van der Waals surface area contributed by atoms with E-state index < -0.39 is 16.0 Å². The highest BCUT2D eigenvalue weighted by Crippen LogP contribution is 2.27. The molecule has 0 aliphatic rings. The predicted octanol–water partition coefficient (Wildman–Crippen LogP) is 1.65. The molecule has 0 bridgehead atoms. The van der Waals surface area contributed by atoms with Crippen LogP contribution in [0.3, 0.4) is 0 Å². The van der Waals surface area contributed by atoms with Gasteiger partial charge in [0.15, 0.2) is 0 Å². The summed E-state index contributed by atoms with van der Waals surface area (Å²) in [5.41, 5.74) is 0.227. The summed E-state index contributed by atoms with van der Waals surface area (Å²) < 4.78 is 38.6. The van der Waals surface area contributed by atoms with Crippen molar-refractivity contribution in [3.63, 3.8) is 0 Å². The molecule has 4 nitrogen and oxygen atoms in total. The zero-order chi connectivity index (χ0) is 10.8. The fourth-order valence-corrected chi connectivity index (χ4v) is 2.21. The number of hydrogen-bond acceptors (Lipinski definition) is 4. The first kappa shape index (κ1) is 11.4. The van der Waals surface area contributed by atoms with Crippen LogP contribution in [0.5, 0.6) is 5.75 Å². The van der Waals surface area contributed by atoms with Crippen LogP contribution in [0, 0.1) is 0 Å². The van der Waals surface area contributed by atoms with E-state index in [2.05, 4.69) is 20.9 Å². The average Bonchev–Trinajstić information content (AvgIpc) is 2.06. The average molecular weight is 284 g/mol. The van der Waals surface area contributed by atoms with Crippen molar-refractivity contribution in [2.24, 2.45) is 0 Å². The van der Waals surface area contributed by atoms with Gasteiger partial charge in [0.1, 0.15) is 11.5 Å². The lowest BCUT2D eigenvalue weighted by molar-refractivity contribution is 0.408. The number of rotatable bonds is 3. The van der Waals surface area contributed by atoms with Crippen molar-refractivity contribution in [3.05, 3.63) is 22.4 Å². The number of pyridine rings is 1. The fraction of sp³-hybridized carbons (Fsp3) is 0.286. The number of hydrogen-bond donors (Lipinski definition) is 0. The van der Waals surface area contributed by atoms with E-state index >= 15 is 0 Å². The molecule has 0 atom stereocenters. The first-order chi connectivity index (χ1) is 6.44. The smallest absolute Gasteiger partial charge is 0.306 e. The Morgan fingerprint density at radius 1 is 1.57 bits per heavy atom. The monoisotopic (exact) mass is 283 g/mol. The first-order valence-corrected chi connectivity index (χ1v) is 5.87. The molecule has 1 rings (SSSR count). The number of halogens is 2. The molecule has 1 heterocycles. The van der Waals surface area contributed by atoms with Crippen molar-refractivity contribution in [3.8, 4) is 5.75 Å². The van der Waals surface area contributed by atoms with Crippen molar-refractivity contribution in [1.82, 2.24) is 4.98 Å². The van der Waals surface area contributed by atoms with E-state index in [1.165, 1.54) is 19.5 Å². The summed E-state index contributed by atoms with van der Waals surface area (Å²) >= 11 is 3.07. The zero-order valence-electron chi connectivity index (χ0n) is 7.20. The van der Waals surface area contributed by atoms with Gasteiger partial charge in [-0.3, -0.25) is 4.98 Å². The largest absolute Gasteiger partial charge is 0.495 e. The van der Waals surface area contributed by atoms with Crippen LogP contribution in [0.25, 0.3) is 0 Å². The highest BCUT2D eigenvalue weighted by atomic mass is 79.9. The Bertz CT molecular complexity index is 435. The van der Waals surface area contributed by atoms with Gasteiger partial charge in [0, 0.05) is 16.2 Å². The lowest BCUT2D eigenvalue weighted by Gasteiger charge is -2.07. The van der Waals surface area contributed by atoms with Crippen LogP contribution in [-0.2, 0) is 16.0 Å². The second kappa shape index (κ2) is 4.22. The van der Waals surface area contributed by atoms with Crippen LogP contribution < -0.4 is 4.74 Å². The second-order valence-corrected chi connectivity index (χ2v) is 4.71. The van der Waals surface area contributed by atoms with E-state index in [1.54, 1.807) is 0 Å². The lowest BCUT2D eigenvalue weighted by Crippen LogP contribution is -2.01. The molecule has 1 aromatic heterocycles. The molecule has 0 amide bonds. The molecule has 0 spiro atoms. The van der Waals surface area contributed by atoms with Gasteiger partial charge in [-0.15, -0.1) is 3.89 Å². The van der Waals surface area contributed by atoms with Gasteiger partial charge in [0.2, 0.25) is 0 Å². The van der Waals surface area contributed by atoms with E-state index in [-0.39, 0.29) is 11.3 Å². The van der Waals surface area contributed by atoms with Crippen molar-refractivity contribution in [2.45, 2.75) is 5.75 Å². The van der Waals surface area contributed by atoms with Gasteiger partial charge in [-0.05, 0) is 15.9 Å². The normalized spacial score (nSPS) is 11.4. The Hall–Kier alpha value is -0.690. The maximum atomic E-state index is 12.4. The molecule has 0 aliphatic heterocycles. The molecule has 1 aromatic rings. The molecule has 0 aliphatic carbocycles. The Morgan fingerprint density at radius 2 is 2.21 bits per heavy atom. The van der Waals surface area contributed by atoms with Gasteiger partial charge >= 0.3 is 10.2 Å². The maximum absolute atomic E-state index is 12.4. The third-order valence-electron chi connectivity index (χ3n) is 1.50. The minimum absolute atomic E-state index is 0.227. The Labute approximate surface area is 89.4 Å². The summed E-state index contributed by atoms with van der Waals surface area (Å²) in [4.78, 5) is 3.76. The molecular formula is C7H7BrFNO3S. The number of ether oxygens (including phenoxy) is 1. The van der Waals surface area contributed by atoms with Crippen molar-refractivity contribution in [2.75, 3.05) is 7.11 Å². The zero-order valence-corrected chi connectivity index (χ0v) is 9.60. The van der Waals surface area contributed by atoms with Crippen LogP contribution in [0.2, 0.25) is 0 Å². The van der Waals surface area contributed by atoms with Crippen molar-refractivity contribution in [1.29, 1.82) is 0 Å². The van der Waals surface area contributed by atoms with Crippen molar-refractivity contribution >= 4 is 26.2 Å². The molecule has 0 N–H and O–H groups in total. The topological polar surface area (TPSA) is 56.3 Å². The maximum Gasteiger partial charge on any atom is 0.306 e. The molecular weight excluding hydrogens is 277 g/mol. The van der Waals surface area contributed by atoms with E-state index in [0.29, 0.717) is 4.47 Å². The third-order valence-corrected chi connectivity index (χ3v) is 2.82. The van der Waals surface area contributed by atoms with Gasteiger partial charge in [-0.1, -0.05) is 0 Å². The molecule has 0 aromatic carbocycles. The molecule has 78 valence electrons. The summed E-state index contributed by atoms with van der Waals surface area (Å²) in [6.45, 7) is 0. The van der Waals surface area contributed by atoms with Crippen LogP contribution in [-0.4, -0.2) is 20.5 Å². The van der Waals surface area contributed by atoms with Crippen LogP contribution in [0.15, 0.2) is 16.9 Å². The second-order valence-electron chi connectivity index (χ2n) is 2.49. The summed E-state index contributed by atoms with van der Waals surface area (Å²) in [5, 5.41) is 0. The first-order valence-electron chi connectivity index (χ1n) is 3.52. The molecule has 7 heteroatoms. The van der Waals surface area contributed by atoms with Crippen LogP contribution in [0.1, 0.15) is 5.56 Å². The Balaban J connectivity index is 3.18. The van der Waals surface area contributed by atoms with E-state index in [9.17, 15) is 12.3 Å². The minimum atomic E-state index is -4.57.